The van der Waals surface area contributed by atoms with Gasteiger partial charge >= 0.3 is 0 Å². The minimum absolute atomic E-state index is 0.235. The van der Waals surface area contributed by atoms with Gasteiger partial charge in [-0.3, -0.25) is 0 Å². The minimum Gasteiger partial charge on any atom is -0.395 e. The first kappa shape index (κ1) is 9.96. The zero-order valence-corrected chi connectivity index (χ0v) is 7.83. The highest BCUT2D eigenvalue weighted by atomic mass is 16.5. The molecule has 1 N–H and O–H groups in total. The number of likely N-dealkylation sites (N-methyl/N-ethyl adjacent to an activating group) is 1. The Kier molecular flexibility index (Phi) is 4.58. The first-order chi connectivity index (χ1) is 5.83. The Morgan fingerprint density at radius 2 is 2.17 bits per heavy atom. The summed E-state index contributed by atoms with van der Waals surface area (Å²) in [5.41, 5.74) is 0. The predicted octanol–water partition coefficient (Wildman–Crippen LogP) is 0.337. The van der Waals surface area contributed by atoms with Gasteiger partial charge in [-0.25, -0.2) is 0 Å². The van der Waals surface area contributed by atoms with Crippen molar-refractivity contribution in [3.8, 4) is 0 Å². The van der Waals surface area contributed by atoms with Crippen LogP contribution in [0, 0.1) is 5.92 Å². The molecule has 3 nitrogen and oxygen atoms in total. The topological polar surface area (TPSA) is 32.7 Å². The van der Waals surface area contributed by atoms with E-state index in [-0.39, 0.29) is 6.61 Å². The lowest BCUT2D eigenvalue weighted by Crippen LogP contribution is -2.26. The summed E-state index contributed by atoms with van der Waals surface area (Å²) in [4.78, 5) is 2.08. The number of rotatable bonds is 7. The molecule has 1 rings (SSSR count). The van der Waals surface area contributed by atoms with E-state index in [1.54, 1.807) is 0 Å². The molecule has 0 heterocycles. The Balaban J connectivity index is 1.80. The van der Waals surface area contributed by atoms with E-state index in [0.29, 0.717) is 0 Å². The van der Waals surface area contributed by atoms with Gasteiger partial charge in [-0.2, -0.15) is 0 Å². The number of nitrogens with zero attached hydrogens (tertiary/aromatic N) is 1. The molecule has 1 aliphatic carbocycles. The summed E-state index contributed by atoms with van der Waals surface area (Å²) in [6.45, 7) is 3.64. The first-order valence-corrected chi connectivity index (χ1v) is 4.70. The van der Waals surface area contributed by atoms with E-state index in [9.17, 15) is 0 Å². The van der Waals surface area contributed by atoms with Crippen molar-refractivity contribution in [1.29, 1.82) is 0 Å². The molecule has 1 fully saturated rings. The van der Waals surface area contributed by atoms with Gasteiger partial charge in [-0.05, 0) is 25.8 Å². The molecule has 1 aliphatic rings. The zero-order chi connectivity index (χ0) is 8.81. The summed E-state index contributed by atoms with van der Waals surface area (Å²) in [6, 6.07) is 0. The van der Waals surface area contributed by atoms with Gasteiger partial charge in [-0.15, -0.1) is 0 Å². The molecule has 0 atom stereocenters. The zero-order valence-electron chi connectivity index (χ0n) is 7.83. The average Bonchev–Trinajstić information content (AvgIpc) is 2.82. The lowest BCUT2D eigenvalue weighted by Gasteiger charge is -2.14. The third-order valence-corrected chi connectivity index (χ3v) is 2.15. The molecule has 12 heavy (non-hydrogen) atoms. The summed E-state index contributed by atoms with van der Waals surface area (Å²) in [5.74, 6) is 0.855. The second kappa shape index (κ2) is 5.51. The van der Waals surface area contributed by atoms with Crippen LogP contribution < -0.4 is 0 Å². The number of ether oxygens (including phenoxy) is 1. The second-order valence-electron chi connectivity index (χ2n) is 3.55. The van der Waals surface area contributed by atoms with Gasteiger partial charge < -0.3 is 14.7 Å². The number of aliphatic hydroxyl groups is 1. The number of hydrogen-bond acceptors (Lipinski definition) is 3. The largest absolute Gasteiger partial charge is 0.395 e. The number of hydrogen-bond donors (Lipinski definition) is 1. The molecule has 3 heteroatoms. The normalized spacial score (nSPS) is 17.2. The maximum Gasteiger partial charge on any atom is 0.0593 e. The van der Waals surface area contributed by atoms with Crippen LogP contribution >= 0.6 is 0 Å². The Bertz CT molecular complexity index is 115. The molecule has 0 aromatic heterocycles. The van der Waals surface area contributed by atoms with Crippen LogP contribution in [0.2, 0.25) is 0 Å². The Hall–Kier alpha value is -0.120. The van der Waals surface area contributed by atoms with Crippen LogP contribution in [0.25, 0.3) is 0 Å². The fourth-order valence-corrected chi connectivity index (χ4v) is 1.04. The smallest absolute Gasteiger partial charge is 0.0593 e. The van der Waals surface area contributed by atoms with Crippen molar-refractivity contribution in [2.45, 2.75) is 12.8 Å². The maximum atomic E-state index is 8.61. The van der Waals surface area contributed by atoms with Gasteiger partial charge in [0.1, 0.15) is 0 Å². The van der Waals surface area contributed by atoms with Gasteiger partial charge in [-0.1, -0.05) is 0 Å². The molecule has 1 saturated carbocycles. The van der Waals surface area contributed by atoms with Crippen LogP contribution in [-0.4, -0.2) is 50.0 Å². The highest BCUT2D eigenvalue weighted by Crippen LogP contribution is 2.28. The molecule has 0 bridgehead atoms. The molecule has 0 aromatic carbocycles. The minimum atomic E-state index is 0.235. The van der Waals surface area contributed by atoms with E-state index in [2.05, 4.69) is 4.90 Å². The fourth-order valence-electron chi connectivity index (χ4n) is 1.04. The summed E-state index contributed by atoms with van der Waals surface area (Å²) in [6.07, 6.45) is 2.71. The Labute approximate surface area is 74.3 Å². The summed E-state index contributed by atoms with van der Waals surface area (Å²) in [5, 5.41) is 8.61. The van der Waals surface area contributed by atoms with Crippen molar-refractivity contribution >= 4 is 0 Å². The van der Waals surface area contributed by atoms with Gasteiger partial charge in [0.25, 0.3) is 0 Å². The highest BCUT2D eigenvalue weighted by molar-refractivity contribution is 4.71. The molecular formula is C9H19NO2. The van der Waals surface area contributed by atoms with Crippen LogP contribution in [0.1, 0.15) is 12.8 Å². The molecule has 0 unspecified atom stereocenters. The number of aliphatic hydroxyl groups excluding tert-OH is 1. The molecule has 0 aliphatic heterocycles. The van der Waals surface area contributed by atoms with Gasteiger partial charge in [0, 0.05) is 19.7 Å². The lowest BCUT2D eigenvalue weighted by molar-refractivity contribution is 0.0979. The van der Waals surface area contributed by atoms with Crippen molar-refractivity contribution in [3.05, 3.63) is 0 Å². The average molecular weight is 173 g/mol. The quantitative estimate of drug-likeness (QED) is 0.563. The van der Waals surface area contributed by atoms with Crippen molar-refractivity contribution < 1.29 is 9.84 Å². The molecule has 0 radical (unpaired) electrons. The molecule has 0 amide bonds. The van der Waals surface area contributed by atoms with Crippen LogP contribution in [0.3, 0.4) is 0 Å². The lowest BCUT2D eigenvalue weighted by atomic mass is 10.5. The van der Waals surface area contributed by atoms with Crippen LogP contribution in [0.5, 0.6) is 0 Å². The van der Waals surface area contributed by atoms with E-state index in [1.165, 1.54) is 12.8 Å². The van der Waals surface area contributed by atoms with Crippen LogP contribution in [0.15, 0.2) is 0 Å². The summed E-state index contributed by atoms with van der Waals surface area (Å²) < 4.78 is 5.45. The van der Waals surface area contributed by atoms with Gasteiger partial charge in [0.15, 0.2) is 0 Å². The standard InChI is InChI=1S/C9H19NO2/c1-10(4-6-11)5-7-12-8-9-2-3-9/h9,11H,2-8H2,1H3. The SMILES string of the molecule is CN(CCO)CCOCC1CC1. The van der Waals surface area contributed by atoms with E-state index in [4.69, 9.17) is 9.84 Å². The monoisotopic (exact) mass is 173 g/mol. The second-order valence-corrected chi connectivity index (χ2v) is 3.55. The summed E-state index contributed by atoms with van der Waals surface area (Å²) >= 11 is 0. The van der Waals surface area contributed by atoms with E-state index in [1.807, 2.05) is 7.05 Å². The fraction of sp³-hybridized carbons (Fsp3) is 1.00. The Morgan fingerprint density at radius 1 is 1.42 bits per heavy atom. The van der Waals surface area contributed by atoms with E-state index < -0.39 is 0 Å². The van der Waals surface area contributed by atoms with Crippen molar-refractivity contribution in [2.75, 3.05) is 40.0 Å². The van der Waals surface area contributed by atoms with Crippen LogP contribution in [0.4, 0.5) is 0 Å². The van der Waals surface area contributed by atoms with Crippen molar-refractivity contribution in [2.24, 2.45) is 5.92 Å². The van der Waals surface area contributed by atoms with Crippen LogP contribution in [-0.2, 0) is 4.74 Å². The third-order valence-electron chi connectivity index (χ3n) is 2.15. The highest BCUT2D eigenvalue weighted by Gasteiger charge is 2.20. The molecule has 0 aromatic rings. The molecule has 0 spiro atoms. The maximum absolute atomic E-state index is 8.61. The summed E-state index contributed by atoms with van der Waals surface area (Å²) in [7, 11) is 2.00. The van der Waals surface area contributed by atoms with Crippen molar-refractivity contribution in [1.82, 2.24) is 4.90 Å². The van der Waals surface area contributed by atoms with Crippen molar-refractivity contribution in [3.63, 3.8) is 0 Å². The predicted molar refractivity (Wildman–Crippen MR) is 48.1 cm³/mol. The Morgan fingerprint density at radius 3 is 2.75 bits per heavy atom. The first-order valence-electron chi connectivity index (χ1n) is 4.70. The molecule has 0 saturated heterocycles. The molecule has 72 valence electrons. The van der Waals surface area contributed by atoms with E-state index in [0.717, 1.165) is 32.2 Å². The van der Waals surface area contributed by atoms with Gasteiger partial charge in [0.2, 0.25) is 0 Å². The molecular weight excluding hydrogens is 154 g/mol. The van der Waals surface area contributed by atoms with E-state index >= 15 is 0 Å². The van der Waals surface area contributed by atoms with Gasteiger partial charge in [0.05, 0.1) is 13.2 Å². The third kappa shape index (κ3) is 4.70.